The van der Waals surface area contributed by atoms with Crippen LogP contribution in [0.2, 0.25) is 0 Å². The summed E-state index contributed by atoms with van der Waals surface area (Å²) in [5.74, 6) is -9.78. The molecule has 2 aromatic rings. The van der Waals surface area contributed by atoms with Crippen molar-refractivity contribution in [3.63, 3.8) is 0 Å². The predicted molar refractivity (Wildman–Crippen MR) is 101 cm³/mol. The Morgan fingerprint density at radius 3 is 2.19 bits per heavy atom. The van der Waals surface area contributed by atoms with Crippen LogP contribution >= 0.6 is 0 Å². The number of benzene rings is 2. The van der Waals surface area contributed by atoms with Crippen LogP contribution in [0.5, 0.6) is 11.5 Å². The maximum absolute atomic E-state index is 15.0. The molecule has 1 unspecified atom stereocenters. The predicted octanol–water partition coefficient (Wildman–Crippen LogP) is 3.89. The van der Waals surface area contributed by atoms with Crippen molar-refractivity contribution in [1.29, 1.82) is 0 Å². The second-order valence-corrected chi connectivity index (χ2v) is 7.12. The van der Waals surface area contributed by atoms with E-state index >= 15 is 4.39 Å². The largest absolute Gasteiger partial charge is 0.497 e. The molecule has 0 aliphatic rings. The summed E-state index contributed by atoms with van der Waals surface area (Å²) in [6.45, 7) is 2.69. The maximum Gasteiger partial charge on any atom is 0.341 e. The van der Waals surface area contributed by atoms with Gasteiger partial charge in [-0.15, -0.1) is 0 Å². The number of carbonyl (C=O) groups is 2. The minimum Gasteiger partial charge on any atom is -0.497 e. The molecule has 0 saturated heterocycles. The lowest BCUT2D eigenvalue weighted by Gasteiger charge is -2.16. The number of hydrogen-bond donors (Lipinski definition) is 0. The molecular formula is C20H16F4O6S. The van der Waals surface area contributed by atoms with Crippen molar-refractivity contribution in [3.8, 4) is 11.5 Å². The van der Waals surface area contributed by atoms with E-state index in [0.717, 1.165) is 0 Å². The van der Waals surface area contributed by atoms with E-state index in [1.54, 1.807) is 0 Å². The average Bonchev–Trinajstić information content (AvgIpc) is 2.77. The zero-order valence-electron chi connectivity index (χ0n) is 16.3. The zero-order chi connectivity index (χ0) is 23.3. The molecule has 166 valence electrons. The van der Waals surface area contributed by atoms with Crippen molar-refractivity contribution in [3.05, 3.63) is 59.4 Å². The molecule has 0 N–H and O–H groups in total. The Balaban J connectivity index is 2.76. The normalized spacial score (nSPS) is 11.5. The molecule has 2 rings (SSSR count). The van der Waals surface area contributed by atoms with Crippen LogP contribution in [0.25, 0.3) is 0 Å². The molecule has 11 heteroatoms. The van der Waals surface area contributed by atoms with Gasteiger partial charge in [0.15, 0.2) is 17.4 Å². The van der Waals surface area contributed by atoms with Crippen LogP contribution in [0.15, 0.2) is 46.2 Å². The molecule has 0 fully saturated rings. The van der Waals surface area contributed by atoms with Crippen molar-refractivity contribution in [2.45, 2.75) is 16.7 Å². The Morgan fingerprint density at radius 1 is 1.06 bits per heavy atom. The van der Waals surface area contributed by atoms with Crippen molar-refractivity contribution >= 4 is 22.6 Å². The van der Waals surface area contributed by atoms with E-state index in [4.69, 9.17) is 4.74 Å². The molecule has 1 atom stereocenters. The molecule has 0 amide bonds. The Hall–Kier alpha value is -3.21. The molecule has 0 bridgehead atoms. The fourth-order valence-corrected chi connectivity index (χ4v) is 3.70. The number of methoxy groups -OCH3 is 1. The number of ether oxygens (including phenoxy) is 3. The van der Waals surface area contributed by atoms with Crippen LogP contribution in [0.4, 0.5) is 17.6 Å². The monoisotopic (exact) mass is 460 g/mol. The summed E-state index contributed by atoms with van der Waals surface area (Å²) < 4.78 is 83.4. The maximum atomic E-state index is 15.0. The van der Waals surface area contributed by atoms with Crippen molar-refractivity contribution in [2.75, 3.05) is 20.6 Å². The zero-order valence-corrected chi connectivity index (χ0v) is 17.1. The van der Waals surface area contributed by atoms with Crippen LogP contribution in [0, 0.1) is 17.5 Å². The molecule has 0 spiro atoms. The molecule has 6 nitrogen and oxygen atoms in total. The van der Waals surface area contributed by atoms with Crippen LogP contribution in [-0.4, -0.2) is 36.5 Å². The SMILES string of the molecule is C=C(C(=O)OCC)C(=O)c1c(F)c(F)c(OCF)c(F)c1S(=O)c1ccc(OC)cc1. The van der Waals surface area contributed by atoms with Crippen LogP contribution in [0.3, 0.4) is 0 Å². The van der Waals surface area contributed by atoms with E-state index in [-0.39, 0.29) is 11.5 Å². The fourth-order valence-electron chi connectivity index (χ4n) is 2.46. The molecule has 31 heavy (non-hydrogen) atoms. The van der Waals surface area contributed by atoms with E-state index in [9.17, 15) is 27.0 Å². The summed E-state index contributed by atoms with van der Waals surface area (Å²) in [7, 11) is -1.26. The summed E-state index contributed by atoms with van der Waals surface area (Å²) in [6.07, 6.45) is 0. The third-order valence-corrected chi connectivity index (χ3v) is 5.37. The minimum absolute atomic E-state index is 0.132. The first-order valence-corrected chi connectivity index (χ1v) is 9.70. The number of ketones is 1. The van der Waals surface area contributed by atoms with Crippen molar-refractivity contribution in [1.82, 2.24) is 0 Å². The first-order valence-electron chi connectivity index (χ1n) is 8.55. The number of Topliss-reactive ketones (excluding diaryl/α,β-unsaturated/α-hetero) is 1. The first-order chi connectivity index (χ1) is 14.7. The summed E-state index contributed by atoms with van der Waals surface area (Å²) in [4.78, 5) is 23.2. The van der Waals surface area contributed by atoms with Crippen LogP contribution in [0.1, 0.15) is 17.3 Å². The summed E-state index contributed by atoms with van der Waals surface area (Å²) in [6, 6.07) is 5.14. The quantitative estimate of drug-likeness (QED) is 0.108. The fraction of sp³-hybridized carbons (Fsp3) is 0.200. The van der Waals surface area contributed by atoms with Gasteiger partial charge in [-0.3, -0.25) is 4.79 Å². The summed E-state index contributed by atoms with van der Waals surface area (Å²) in [5.41, 5.74) is -2.31. The number of esters is 1. The lowest BCUT2D eigenvalue weighted by atomic mass is 10.0. The molecule has 0 aromatic heterocycles. The molecule has 0 saturated carbocycles. The smallest absolute Gasteiger partial charge is 0.341 e. The second kappa shape index (κ2) is 10.2. The minimum atomic E-state index is -2.62. The van der Waals surface area contributed by atoms with Gasteiger partial charge in [0.1, 0.15) is 11.3 Å². The molecule has 0 aliphatic carbocycles. The van der Waals surface area contributed by atoms with E-state index in [1.807, 2.05) is 0 Å². The Labute approximate surface area is 176 Å². The van der Waals surface area contributed by atoms with Gasteiger partial charge in [-0.2, -0.15) is 4.39 Å². The Bertz CT molecular complexity index is 1050. The van der Waals surface area contributed by atoms with E-state index in [1.165, 1.54) is 38.3 Å². The average molecular weight is 460 g/mol. The highest BCUT2D eigenvalue weighted by Gasteiger charge is 2.35. The number of alkyl halides is 1. The van der Waals surface area contributed by atoms with Gasteiger partial charge in [0.2, 0.25) is 18.5 Å². The van der Waals surface area contributed by atoms with Gasteiger partial charge in [0.05, 0.1) is 35.0 Å². The molecule has 0 heterocycles. The topological polar surface area (TPSA) is 78.9 Å². The van der Waals surface area contributed by atoms with Gasteiger partial charge in [0.25, 0.3) is 0 Å². The van der Waals surface area contributed by atoms with Gasteiger partial charge in [-0.25, -0.2) is 22.2 Å². The van der Waals surface area contributed by atoms with Gasteiger partial charge in [-0.1, -0.05) is 6.58 Å². The lowest BCUT2D eigenvalue weighted by molar-refractivity contribution is -0.138. The summed E-state index contributed by atoms with van der Waals surface area (Å²) in [5, 5.41) is 0. The number of rotatable bonds is 9. The first kappa shape index (κ1) is 24.1. The highest BCUT2D eigenvalue weighted by molar-refractivity contribution is 7.85. The third kappa shape index (κ3) is 4.76. The van der Waals surface area contributed by atoms with E-state index in [2.05, 4.69) is 16.1 Å². The van der Waals surface area contributed by atoms with Crippen LogP contribution in [-0.2, 0) is 20.3 Å². The van der Waals surface area contributed by atoms with E-state index < -0.39 is 68.6 Å². The Morgan fingerprint density at radius 2 is 1.68 bits per heavy atom. The highest BCUT2D eigenvalue weighted by atomic mass is 32.2. The second-order valence-electron chi connectivity index (χ2n) is 5.70. The van der Waals surface area contributed by atoms with Crippen molar-refractivity contribution < 1.29 is 45.6 Å². The van der Waals surface area contributed by atoms with Gasteiger partial charge < -0.3 is 14.2 Å². The lowest BCUT2D eigenvalue weighted by Crippen LogP contribution is -2.20. The van der Waals surface area contributed by atoms with Crippen LogP contribution < -0.4 is 9.47 Å². The van der Waals surface area contributed by atoms with Gasteiger partial charge >= 0.3 is 5.97 Å². The number of halogens is 4. The van der Waals surface area contributed by atoms with Gasteiger partial charge in [-0.05, 0) is 31.2 Å². The highest BCUT2D eigenvalue weighted by Crippen LogP contribution is 2.36. The van der Waals surface area contributed by atoms with Crippen molar-refractivity contribution in [2.24, 2.45) is 0 Å². The molecular weight excluding hydrogens is 444 g/mol. The van der Waals surface area contributed by atoms with E-state index in [0.29, 0.717) is 5.75 Å². The molecule has 0 radical (unpaired) electrons. The van der Waals surface area contributed by atoms with Gasteiger partial charge in [0, 0.05) is 4.90 Å². The third-order valence-electron chi connectivity index (χ3n) is 3.92. The number of hydrogen-bond acceptors (Lipinski definition) is 6. The molecule has 2 aromatic carbocycles. The number of carbonyl (C=O) groups excluding carboxylic acids is 2. The molecule has 0 aliphatic heterocycles. The summed E-state index contributed by atoms with van der Waals surface area (Å²) >= 11 is 0. The standard InChI is InChI=1S/C20H16F4O6S/c1-4-29-20(26)10(2)17(25)13-14(22)15(23)18(30-9-21)16(24)19(13)31(27)12-7-5-11(28-3)6-8-12/h5-8H,2,4,9H2,1,3H3. The Kier molecular flexibility index (Phi) is 7.92.